The number of nitrogens with two attached hydrogens (primary N) is 1. The minimum atomic E-state index is 0.109. The standard InChI is InChI=1S/C12H17N5/c1-17-12(15-9-16-17)7-11(13)5-4-10-3-2-6-14-8-10/h2-3,6,8-9,11H,4-5,7,13H2,1H3. The van der Waals surface area contributed by atoms with Gasteiger partial charge in [0.25, 0.3) is 0 Å². The largest absolute Gasteiger partial charge is 0.327 e. The molecule has 5 heteroatoms. The first-order valence-corrected chi connectivity index (χ1v) is 5.73. The van der Waals surface area contributed by atoms with Gasteiger partial charge in [0.15, 0.2) is 0 Å². The second-order valence-electron chi connectivity index (χ2n) is 4.16. The Labute approximate surface area is 101 Å². The van der Waals surface area contributed by atoms with Crippen molar-refractivity contribution in [3.8, 4) is 0 Å². The van der Waals surface area contributed by atoms with Crippen LogP contribution in [-0.4, -0.2) is 25.8 Å². The highest BCUT2D eigenvalue weighted by Crippen LogP contribution is 2.05. The first-order chi connectivity index (χ1) is 8.25. The molecule has 0 spiro atoms. The molecule has 0 aliphatic heterocycles. The van der Waals surface area contributed by atoms with Gasteiger partial charge in [0.05, 0.1) is 0 Å². The summed E-state index contributed by atoms with van der Waals surface area (Å²) in [7, 11) is 1.89. The molecule has 0 radical (unpaired) electrons. The van der Waals surface area contributed by atoms with Crippen LogP contribution in [0.3, 0.4) is 0 Å². The summed E-state index contributed by atoms with van der Waals surface area (Å²) in [6, 6.07) is 4.13. The topological polar surface area (TPSA) is 69.6 Å². The molecule has 0 saturated carbocycles. The normalized spacial score (nSPS) is 12.6. The van der Waals surface area contributed by atoms with Crippen molar-refractivity contribution in [2.24, 2.45) is 12.8 Å². The monoisotopic (exact) mass is 231 g/mol. The van der Waals surface area contributed by atoms with Crippen LogP contribution in [0.25, 0.3) is 0 Å². The summed E-state index contributed by atoms with van der Waals surface area (Å²) in [6.07, 6.45) is 7.86. The third kappa shape index (κ3) is 3.35. The molecule has 0 aliphatic rings. The first kappa shape index (κ1) is 11.7. The van der Waals surface area contributed by atoms with Gasteiger partial charge in [0.1, 0.15) is 12.2 Å². The summed E-state index contributed by atoms with van der Waals surface area (Å²) in [5.41, 5.74) is 7.30. The molecule has 17 heavy (non-hydrogen) atoms. The number of rotatable bonds is 5. The lowest BCUT2D eigenvalue weighted by atomic mass is 10.0. The average molecular weight is 231 g/mol. The van der Waals surface area contributed by atoms with Gasteiger partial charge in [-0.2, -0.15) is 5.10 Å². The average Bonchev–Trinajstić information content (AvgIpc) is 2.74. The van der Waals surface area contributed by atoms with Crippen LogP contribution in [0.5, 0.6) is 0 Å². The molecule has 2 aromatic rings. The van der Waals surface area contributed by atoms with Crippen molar-refractivity contribution in [2.45, 2.75) is 25.3 Å². The van der Waals surface area contributed by atoms with Crippen LogP contribution < -0.4 is 5.73 Å². The Hall–Kier alpha value is -1.75. The summed E-state index contributed by atoms with van der Waals surface area (Å²) in [5.74, 6) is 0.934. The molecule has 1 atom stereocenters. The van der Waals surface area contributed by atoms with Gasteiger partial charge < -0.3 is 5.73 Å². The van der Waals surface area contributed by atoms with E-state index in [1.54, 1.807) is 17.2 Å². The van der Waals surface area contributed by atoms with Gasteiger partial charge in [0, 0.05) is 31.9 Å². The van der Waals surface area contributed by atoms with Gasteiger partial charge in [-0.15, -0.1) is 0 Å². The van der Waals surface area contributed by atoms with Crippen LogP contribution in [0, 0.1) is 0 Å². The first-order valence-electron chi connectivity index (χ1n) is 5.73. The third-order valence-electron chi connectivity index (χ3n) is 2.78. The van der Waals surface area contributed by atoms with Gasteiger partial charge in [-0.1, -0.05) is 6.07 Å². The Morgan fingerprint density at radius 1 is 1.47 bits per heavy atom. The second kappa shape index (κ2) is 5.54. The van der Waals surface area contributed by atoms with Crippen LogP contribution in [-0.2, 0) is 19.9 Å². The van der Waals surface area contributed by atoms with Gasteiger partial charge in [-0.3, -0.25) is 9.67 Å². The van der Waals surface area contributed by atoms with Crippen LogP contribution in [0.4, 0.5) is 0 Å². The number of pyridine rings is 1. The molecule has 2 rings (SSSR count). The summed E-state index contributed by atoms with van der Waals surface area (Å²) < 4.78 is 1.77. The zero-order valence-corrected chi connectivity index (χ0v) is 9.95. The zero-order valence-electron chi connectivity index (χ0n) is 9.95. The molecule has 0 aliphatic carbocycles. The van der Waals surface area contributed by atoms with Crippen molar-refractivity contribution in [1.29, 1.82) is 0 Å². The lowest BCUT2D eigenvalue weighted by Gasteiger charge is -2.10. The van der Waals surface area contributed by atoms with Crippen LogP contribution >= 0.6 is 0 Å². The highest BCUT2D eigenvalue weighted by Gasteiger charge is 2.08. The Kier molecular flexibility index (Phi) is 3.82. The molecule has 0 saturated heterocycles. The van der Waals surface area contributed by atoms with Crippen molar-refractivity contribution >= 4 is 0 Å². The molecular formula is C12H17N5. The smallest absolute Gasteiger partial charge is 0.138 e. The minimum absolute atomic E-state index is 0.109. The van der Waals surface area contributed by atoms with E-state index in [0.29, 0.717) is 0 Å². The summed E-state index contributed by atoms with van der Waals surface area (Å²) >= 11 is 0. The molecule has 0 aromatic carbocycles. The SMILES string of the molecule is Cn1ncnc1CC(N)CCc1cccnc1. The van der Waals surface area contributed by atoms with E-state index in [2.05, 4.69) is 21.1 Å². The molecule has 2 heterocycles. The Morgan fingerprint density at radius 3 is 3.00 bits per heavy atom. The molecule has 0 bridgehead atoms. The van der Waals surface area contributed by atoms with Gasteiger partial charge in [-0.25, -0.2) is 4.98 Å². The number of aromatic nitrogens is 4. The van der Waals surface area contributed by atoms with Crippen molar-refractivity contribution in [3.63, 3.8) is 0 Å². The van der Waals surface area contributed by atoms with E-state index < -0.39 is 0 Å². The Balaban J connectivity index is 1.82. The summed E-state index contributed by atoms with van der Waals surface area (Å²) in [6.45, 7) is 0. The van der Waals surface area contributed by atoms with Gasteiger partial charge in [-0.05, 0) is 24.5 Å². The molecule has 0 amide bonds. The predicted molar refractivity (Wildman–Crippen MR) is 65.2 cm³/mol. The van der Waals surface area contributed by atoms with E-state index in [4.69, 9.17) is 5.73 Å². The number of hydrogen-bond acceptors (Lipinski definition) is 4. The second-order valence-corrected chi connectivity index (χ2v) is 4.16. The predicted octanol–water partition coefficient (Wildman–Crippen LogP) is 0.713. The fourth-order valence-corrected chi connectivity index (χ4v) is 1.74. The fraction of sp³-hybridized carbons (Fsp3) is 0.417. The van der Waals surface area contributed by atoms with Gasteiger partial charge >= 0.3 is 0 Å². The maximum absolute atomic E-state index is 6.08. The Bertz CT molecular complexity index is 451. The number of hydrogen-bond donors (Lipinski definition) is 1. The van der Waals surface area contributed by atoms with E-state index in [-0.39, 0.29) is 6.04 Å². The molecule has 5 nitrogen and oxygen atoms in total. The lowest BCUT2D eigenvalue weighted by Crippen LogP contribution is -2.25. The maximum atomic E-state index is 6.08. The molecule has 0 fully saturated rings. The van der Waals surface area contributed by atoms with E-state index in [9.17, 15) is 0 Å². The minimum Gasteiger partial charge on any atom is -0.327 e. The highest BCUT2D eigenvalue weighted by atomic mass is 15.3. The highest BCUT2D eigenvalue weighted by molar-refractivity contribution is 5.08. The molecule has 2 aromatic heterocycles. The molecule has 1 unspecified atom stereocenters. The van der Waals surface area contributed by atoms with Gasteiger partial charge in [0.2, 0.25) is 0 Å². The lowest BCUT2D eigenvalue weighted by molar-refractivity contribution is 0.569. The van der Waals surface area contributed by atoms with E-state index in [1.807, 2.05) is 19.3 Å². The van der Waals surface area contributed by atoms with E-state index in [1.165, 1.54) is 5.56 Å². The molecule has 90 valence electrons. The molecular weight excluding hydrogens is 214 g/mol. The Morgan fingerprint density at radius 2 is 2.35 bits per heavy atom. The third-order valence-corrected chi connectivity index (χ3v) is 2.78. The van der Waals surface area contributed by atoms with Crippen molar-refractivity contribution in [3.05, 3.63) is 42.2 Å². The van der Waals surface area contributed by atoms with E-state index in [0.717, 1.165) is 25.1 Å². The van der Waals surface area contributed by atoms with Crippen molar-refractivity contribution in [1.82, 2.24) is 19.7 Å². The van der Waals surface area contributed by atoms with E-state index >= 15 is 0 Å². The van der Waals surface area contributed by atoms with Crippen LogP contribution in [0.15, 0.2) is 30.9 Å². The van der Waals surface area contributed by atoms with Crippen molar-refractivity contribution in [2.75, 3.05) is 0 Å². The van der Waals surface area contributed by atoms with Crippen molar-refractivity contribution < 1.29 is 0 Å². The zero-order chi connectivity index (χ0) is 12.1. The maximum Gasteiger partial charge on any atom is 0.138 e. The van der Waals surface area contributed by atoms with Crippen LogP contribution in [0.1, 0.15) is 17.8 Å². The summed E-state index contributed by atoms with van der Waals surface area (Å²) in [4.78, 5) is 8.26. The van der Waals surface area contributed by atoms with Crippen LogP contribution in [0.2, 0.25) is 0 Å². The fourth-order valence-electron chi connectivity index (χ4n) is 1.74. The molecule has 2 N–H and O–H groups in total. The summed E-state index contributed by atoms with van der Waals surface area (Å²) in [5, 5.41) is 4.03. The number of aryl methyl sites for hydroxylation is 2. The quantitative estimate of drug-likeness (QED) is 0.823. The number of nitrogens with zero attached hydrogens (tertiary/aromatic N) is 4.